The normalized spacial score (nSPS) is 25.3. The van der Waals surface area contributed by atoms with Gasteiger partial charge in [0.2, 0.25) is 0 Å². The van der Waals surface area contributed by atoms with Crippen LogP contribution in [0.4, 0.5) is 4.79 Å². The van der Waals surface area contributed by atoms with Crippen molar-refractivity contribution in [2.24, 2.45) is 13.0 Å². The number of amides is 2. The summed E-state index contributed by atoms with van der Waals surface area (Å²) < 4.78 is 7.48. The average molecular weight is 318 g/mol. The van der Waals surface area contributed by atoms with E-state index in [9.17, 15) is 4.79 Å². The number of morpholine rings is 1. The van der Waals surface area contributed by atoms with Crippen LogP contribution in [0.2, 0.25) is 0 Å². The Balaban J connectivity index is 1.40. The quantitative estimate of drug-likeness (QED) is 0.924. The molecule has 4 rings (SSSR count). The predicted octanol–water partition coefficient (Wildman–Crippen LogP) is 2.01. The van der Waals surface area contributed by atoms with E-state index in [2.05, 4.69) is 10.4 Å². The monoisotopic (exact) mass is 318 g/mol. The molecule has 1 aliphatic heterocycles. The molecule has 0 bridgehead atoms. The van der Waals surface area contributed by atoms with Crippen LogP contribution in [0.5, 0.6) is 0 Å². The Hall–Kier alpha value is -1.56. The largest absolute Gasteiger partial charge is 0.377 e. The van der Waals surface area contributed by atoms with Gasteiger partial charge in [0, 0.05) is 13.6 Å². The SMILES string of the molecule is Cn1ncc(C2CCC2)c1CNC(=O)N1CCOCC1C1CC1. The lowest BCUT2D eigenvalue weighted by atomic mass is 9.80. The number of carbonyl (C=O) groups is 1. The summed E-state index contributed by atoms with van der Waals surface area (Å²) in [6, 6.07) is 0.312. The molecular formula is C17H26N4O2. The second-order valence-electron chi connectivity index (χ2n) is 7.13. The van der Waals surface area contributed by atoms with Crippen LogP contribution < -0.4 is 5.32 Å². The molecule has 6 nitrogen and oxygen atoms in total. The molecule has 1 unspecified atom stereocenters. The minimum atomic E-state index is 0.0472. The van der Waals surface area contributed by atoms with Gasteiger partial charge in [-0.3, -0.25) is 4.68 Å². The van der Waals surface area contributed by atoms with Gasteiger partial charge in [0.05, 0.1) is 37.7 Å². The summed E-state index contributed by atoms with van der Waals surface area (Å²) in [6.45, 7) is 2.61. The smallest absolute Gasteiger partial charge is 0.318 e. The second-order valence-corrected chi connectivity index (χ2v) is 7.13. The van der Waals surface area contributed by atoms with Crippen molar-refractivity contribution in [3.8, 4) is 0 Å². The molecule has 0 spiro atoms. The van der Waals surface area contributed by atoms with E-state index in [1.54, 1.807) is 0 Å². The Morgan fingerprint density at radius 3 is 2.91 bits per heavy atom. The van der Waals surface area contributed by atoms with Gasteiger partial charge in [-0.2, -0.15) is 5.10 Å². The highest BCUT2D eigenvalue weighted by Gasteiger charge is 2.39. The number of aromatic nitrogens is 2. The Bertz CT molecular complexity index is 577. The molecule has 0 aromatic carbocycles. The van der Waals surface area contributed by atoms with Crippen LogP contribution in [-0.4, -0.2) is 46.5 Å². The number of hydrogen-bond donors (Lipinski definition) is 1. The van der Waals surface area contributed by atoms with Gasteiger partial charge in [-0.15, -0.1) is 0 Å². The molecule has 1 aromatic heterocycles. The molecule has 2 aliphatic carbocycles. The maximum Gasteiger partial charge on any atom is 0.318 e. The molecule has 1 saturated heterocycles. The number of hydrogen-bond acceptors (Lipinski definition) is 3. The average Bonchev–Trinajstić information content (AvgIpc) is 3.30. The molecule has 1 N–H and O–H groups in total. The summed E-state index contributed by atoms with van der Waals surface area (Å²) in [7, 11) is 1.96. The molecule has 2 heterocycles. The minimum Gasteiger partial charge on any atom is -0.377 e. The van der Waals surface area contributed by atoms with Crippen molar-refractivity contribution in [2.75, 3.05) is 19.8 Å². The summed E-state index contributed by atoms with van der Waals surface area (Å²) in [5, 5.41) is 7.52. The molecule has 2 saturated carbocycles. The summed E-state index contributed by atoms with van der Waals surface area (Å²) in [6.07, 6.45) is 8.24. The molecule has 0 radical (unpaired) electrons. The lowest BCUT2D eigenvalue weighted by Crippen LogP contribution is -2.53. The van der Waals surface area contributed by atoms with Gasteiger partial charge in [-0.25, -0.2) is 4.79 Å². The molecule has 6 heteroatoms. The van der Waals surface area contributed by atoms with Crippen LogP contribution in [0, 0.1) is 5.92 Å². The minimum absolute atomic E-state index is 0.0472. The highest BCUT2D eigenvalue weighted by atomic mass is 16.5. The molecule has 1 aromatic rings. The number of aryl methyl sites for hydroxylation is 1. The predicted molar refractivity (Wildman–Crippen MR) is 86.1 cm³/mol. The summed E-state index contributed by atoms with van der Waals surface area (Å²) >= 11 is 0. The van der Waals surface area contributed by atoms with Crippen molar-refractivity contribution >= 4 is 6.03 Å². The van der Waals surface area contributed by atoms with E-state index >= 15 is 0 Å². The number of nitrogens with zero attached hydrogens (tertiary/aromatic N) is 3. The van der Waals surface area contributed by atoms with E-state index < -0.39 is 0 Å². The summed E-state index contributed by atoms with van der Waals surface area (Å²) in [5.74, 6) is 1.28. The first-order valence-corrected chi connectivity index (χ1v) is 8.87. The number of urea groups is 1. The van der Waals surface area contributed by atoms with E-state index in [-0.39, 0.29) is 12.1 Å². The zero-order valence-electron chi connectivity index (χ0n) is 13.8. The molecule has 23 heavy (non-hydrogen) atoms. The second kappa shape index (κ2) is 6.15. The van der Waals surface area contributed by atoms with Gasteiger partial charge in [0.1, 0.15) is 0 Å². The number of nitrogens with one attached hydrogen (secondary N) is 1. The van der Waals surface area contributed by atoms with E-state index in [0.29, 0.717) is 38.1 Å². The van der Waals surface area contributed by atoms with Crippen LogP contribution in [0.25, 0.3) is 0 Å². The molecular weight excluding hydrogens is 292 g/mol. The third-order valence-corrected chi connectivity index (χ3v) is 5.64. The molecule has 2 amide bonds. The Morgan fingerprint density at radius 2 is 2.22 bits per heavy atom. The lowest BCUT2D eigenvalue weighted by molar-refractivity contribution is 0.00460. The van der Waals surface area contributed by atoms with E-state index in [4.69, 9.17) is 4.74 Å². The number of carbonyl (C=O) groups excluding carboxylic acids is 1. The van der Waals surface area contributed by atoms with Crippen LogP contribution in [0.15, 0.2) is 6.20 Å². The number of rotatable bonds is 4. The maximum absolute atomic E-state index is 12.6. The van der Waals surface area contributed by atoms with Gasteiger partial charge < -0.3 is 15.0 Å². The summed E-state index contributed by atoms with van der Waals surface area (Å²) in [5.41, 5.74) is 2.47. The van der Waals surface area contributed by atoms with Crippen LogP contribution in [-0.2, 0) is 18.3 Å². The molecule has 3 fully saturated rings. The third-order valence-electron chi connectivity index (χ3n) is 5.64. The topological polar surface area (TPSA) is 59.4 Å². The standard InChI is InChI=1S/C17H26N4O2/c1-20-15(14(9-19-20)12-3-2-4-12)10-18-17(22)21-7-8-23-11-16(21)13-5-6-13/h9,12-13,16H,2-8,10-11H2,1H3,(H,18,22). The summed E-state index contributed by atoms with van der Waals surface area (Å²) in [4.78, 5) is 14.6. The Kier molecular flexibility index (Phi) is 4.01. The van der Waals surface area contributed by atoms with Gasteiger partial charge in [-0.05, 0) is 43.1 Å². The van der Waals surface area contributed by atoms with Crippen LogP contribution >= 0.6 is 0 Å². The van der Waals surface area contributed by atoms with E-state index in [1.165, 1.54) is 37.7 Å². The van der Waals surface area contributed by atoms with Crippen molar-refractivity contribution in [1.29, 1.82) is 0 Å². The van der Waals surface area contributed by atoms with Crippen LogP contribution in [0.1, 0.15) is 49.3 Å². The van der Waals surface area contributed by atoms with E-state index in [0.717, 1.165) is 5.69 Å². The van der Waals surface area contributed by atoms with Crippen molar-refractivity contribution < 1.29 is 9.53 Å². The number of ether oxygens (including phenoxy) is 1. The highest BCUT2D eigenvalue weighted by molar-refractivity contribution is 5.74. The van der Waals surface area contributed by atoms with Gasteiger partial charge >= 0.3 is 6.03 Å². The third kappa shape index (κ3) is 2.96. The van der Waals surface area contributed by atoms with Gasteiger partial charge in [0.15, 0.2) is 0 Å². The highest BCUT2D eigenvalue weighted by Crippen LogP contribution is 2.38. The Labute approximate surface area is 137 Å². The lowest BCUT2D eigenvalue weighted by Gasteiger charge is -2.36. The van der Waals surface area contributed by atoms with Crippen molar-refractivity contribution in [3.05, 3.63) is 17.5 Å². The van der Waals surface area contributed by atoms with Gasteiger partial charge in [-0.1, -0.05) is 6.42 Å². The van der Waals surface area contributed by atoms with Crippen molar-refractivity contribution in [2.45, 2.75) is 50.6 Å². The van der Waals surface area contributed by atoms with Crippen molar-refractivity contribution in [1.82, 2.24) is 20.0 Å². The first-order chi connectivity index (χ1) is 11.2. The van der Waals surface area contributed by atoms with Crippen LogP contribution in [0.3, 0.4) is 0 Å². The first-order valence-electron chi connectivity index (χ1n) is 8.87. The van der Waals surface area contributed by atoms with Crippen molar-refractivity contribution in [3.63, 3.8) is 0 Å². The fourth-order valence-corrected chi connectivity index (χ4v) is 3.76. The zero-order chi connectivity index (χ0) is 15.8. The molecule has 1 atom stereocenters. The fraction of sp³-hybridized carbons (Fsp3) is 0.765. The first kappa shape index (κ1) is 15.0. The zero-order valence-corrected chi connectivity index (χ0v) is 13.8. The molecule has 3 aliphatic rings. The Morgan fingerprint density at radius 1 is 1.39 bits per heavy atom. The fourth-order valence-electron chi connectivity index (χ4n) is 3.76. The molecule has 126 valence electrons. The van der Waals surface area contributed by atoms with E-state index in [1.807, 2.05) is 22.8 Å². The van der Waals surface area contributed by atoms with Gasteiger partial charge in [0.25, 0.3) is 0 Å². The maximum atomic E-state index is 12.6.